The molecule has 3 heteroatoms. The van der Waals surface area contributed by atoms with Gasteiger partial charge in [0, 0.05) is 16.7 Å². The number of nitrogens with zero attached hydrogens (tertiary/aromatic N) is 3. The van der Waals surface area contributed by atoms with E-state index in [-0.39, 0.29) is 0 Å². The topological polar surface area (TPSA) is 49.6 Å². The van der Waals surface area contributed by atoms with Gasteiger partial charge in [-0.25, -0.2) is 9.97 Å². The predicted molar refractivity (Wildman–Crippen MR) is 206 cm³/mol. The maximum absolute atomic E-state index is 9.17. The summed E-state index contributed by atoms with van der Waals surface area (Å²) in [4.78, 5) is 10.1. The van der Waals surface area contributed by atoms with Gasteiger partial charge in [0.05, 0.1) is 23.0 Å². The summed E-state index contributed by atoms with van der Waals surface area (Å²) in [7, 11) is 0. The summed E-state index contributed by atoms with van der Waals surface area (Å²) in [6, 6.07) is 63.5. The molecule has 1 aromatic heterocycles. The highest BCUT2D eigenvalue weighted by molar-refractivity contribution is 6.15. The van der Waals surface area contributed by atoms with Gasteiger partial charge in [-0.2, -0.15) is 5.26 Å². The van der Waals surface area contributed by atoms with Crippen molar-refractivity contribution in [1.29, 1.82) is 5.26 Å². The fourth-order valence-corrected chi connectivity index (χ4v) is 6.88. The van der Waals surface area contributed by atoms with Crippen molar-refractivity contribution in [2.45, 2.75) is 0 Å². The third kappa shape index (κ3) is 5.36. The van der Waals surface area contributed by atoms with Crippen LogP contribution >= 0.6 is 0 Å². The summed E-state index contributed by atoms with van der Waals surface area (Å²) in [6.45, 7) is 0. The number of hydrogen-bond acceptors (Lipinski definition) is 3. The van der Waals surface area contributed by atoms with Gasteiger partial charge in [-0.15, -0.1) is 0 Å². The van der Waals surface area contributed by atoms with E-state index in [9.17, 15) is 5.26 Å². The summed E-state index contributed by atoms with van der Waals surface area (Å²) < 4.78 is 0. The zero-order chi connectivity index (χ0) is 33.4. The van der Waals surface area contributed by atoms with Crippen molar-refractivity contribution in [2.75, 3.05) is 0 Å². The molecule has 0 aliphatic carbocycles. The van der Waals surface area contributed by atoms with Gasteiger partial charge in [0.1, 0.15) is 0 Å². The van der Waals surface area contributed by atoms with Crippen LogP contribution in [0.3, 0.4) is 0 Å². The lowest BCUT2D eigenvalue weighted by Crippen LogP contribution is -1.96. The van der Waals surface area contributed by atoms with Crippen LogP contribution in [0.5, 0.6) is 0 Å². The van der Waals surface area contributed by atoms with Gasteiger partial charge in [0.2, 0.25) is 0 Å². The maximum atomic E-state index is 9.17. The Morgan fingerprint density at radius 2 is 0.940 bits per heavy atom. The van der Waals surface area contributed by atoms with Crippen molar-refractivity contribution in [3.63, 3.8) is 0 Å². The van der Waals surface area contributed by atoms with Crippen LogP contribution in [0, 0.1) is 11.3 Å². The number of benzene rings is 8. The molecular weight excluding hydrogens is 607 g/mol. The minimum atomic E-state index is 0.653. The van der Waals surface area contributed by atoms with Crippen molar-refractivity contribution >= 4 is 32.3 Å². The first kappa shape index (κ1) is 29.3. The Hall–Kier alpha value is -6.89. The molecule has 0 saturated heterocycles. The highest BCUT2D eigenvalue weighted by atomic mass is 14.9. The van der Waals surface area contributed by atoms with Crippen molar-refractivity contribution < 1.29 is 0 Å². The molecule has 50 heavy (non-hydrogen) atoms. The second-order valence-electron chi connectivity index (χ2n) is 12.6. The number of hydrogen-bond donors (Lipinski definition) is 0. The van der Waals surface area contributed by atoms with Crippen molar-refractivity contribution in [2.24, 2.45) is 0 Å². The smallest absolute Gasteiger partial charge is 0.160 e. The van der Waals surface area contributed by atoms with Crippen LogP contribution in [0.4, 0.5) is 0 Å². The minimum absolute atomic E-state index is 0.653. The lowest BCUT2D eigenvalue weighted by Gasteiger charge is -2.12. The molecule has 3 nitrogen and oxygen atoms in total. The molecule has 1 heterocycles. The van der Waals surface area contributed by atoms with E-state index in [1.165, 1.54) is 37.9 Å². The number of fused-ring (bicyclic) bond motifs is 4. The molecule has 0 atom stereocenters. The Bertz CT molecular complexity index is 2720. The largest absolute Gasteiger partial charge is 0.228 e. The molecule has 0 saturated carbocycles. The highest BCUT2D eigenvalue weighted by Crippen LogP contribution is 2.36. The molecule has 9 aromatic rings. The van der Waals surface area contributed by atoms with Gasteiger partial charge in [0.15, 0.2) is 5.82 Å². The fourth-order valence-electron chi connectivity index (χ4n) is 6.88. The molecule has 9 rings (SSSR count). The Labute approximate surface area is 290 Å². The van der Waals surface area contributed by atoms with Crippen LogP contribution in [0.2, 0.25) is 0 Å². The van der Waals surface area contributed by atoms with Crippen LogP contribution in [0.1, 0.15) is 5.56 Å². The molecule has 0 unspecified atom stereocenters. The minimum Gasteiger partial charge on any atom is -0.228 e. The zero-order valence-electron chi connectivity index (χ0n) is 27.1. The second-order valence-corrected chi connectivity index (χ2v) is 12.6. The van der Waals surface area contributed by atoms with E-state index in [2.05, 4.69) is 127 Å². The lowest BCUT2D eigenvalue weighted by atomic mass is 9.93. The van der Waals surface area contributed by atoms with E-state index in [1.807, 2.05) is 54.6 Å². The van der Waals surface area contributed by atoms with Gasteiger partial charge >= 0.3 is 0 Å². The third-order valence-electron chi connectivity index (χ3n) is 9.52. The quantitative estimate of drug-likeness (QED) is 0.140. The van der Waals surface area contributed by atoms with Crippen LogP contribution in [0.15, 0.2) is 176 Å². The zero-order valence-corrected chi connectivity index (χ0v) is 27.1. The first-order valence-corrected chi connectivity index (χ1v) is 16.7. The highest BCUT2D eigenvalue weighted by Gasteiger charge is 2.13. The van der Waals surface area contributed by atoms with E-state index >= 15 is 0 Å². The second kappa shape index (κ2) is 12.3. The average Bonchev–Trinajstić information content (AvgIpc) is 3.20. The normalized spacial score (nSPS) is 11.2. The molecule has 0 aliphatic heterocycles. The van der Waals surface area contributed by atoms with Gasteiger partial charge < -0.3 is 0 Å². The van der Waals surface area contributed by atoms with Gasteiger partial charge in [-0.3, -0.25) is 0 Å². The predicted octanol–water partition coefficient (Wildman–Crippen LogP) is 12.1. The first-order valence-electron chi connectivity index (χ1n) is 16.7. The number of rotatable bonds is 5. The van der Waals surface area contributed by atoms with E-state index in [1.54, 1.807) is 0 Å². The Kier molecular flexibility index (Phi) is 7.19. The average molecular weight is 636 g/mol. The monoisotopic (exact) mass is 635 g/mol. The summed E-state index contributed by atoms with van der Waals surface area (Å²) in [6.07, 6.45) is 0. The molecule has 0 bridgehead atoms. The molecule has 0 spiro atoms. The van der Waals surface area contributed by atoms with Gasteiger partial charge in [-0.1, -0.05) is 146 Å². The Balaban J connectivity index is 1.10. The summed E-state index contributed by atoms with van der Waals surface area (Å²) in [5.41, 5.74) is 9.91. The number of nitriles is 1. The van der Waals surface area contributed by atoms with E-state index in [0.29, 0.717) is 11.4 Å². The van der Waals surface area contributed by atoms with Crippen LogP contribution in [0.25, 0.3) is 88.5 Å². The molecule has 0 N–H and O–H groups in total. The van der Waals surface area contributed by atoms with E-state index in [4.69, 9.17) is 9.97 Å². The van der Waals surface area contributed by atoms with Crippen LogP contribution in [-0.4, -0.2) is 9.97 Å². The molecule has 232 valence electrons. The van der Waals surface area contributed by atoms with E-state index < -0.39 is 0 Å². The summed E-state index contributed by atoms with van der Waals surface area (Å²) >= 11 is 0. The van der Waals surface area contributed by atoms with Crippen molar-refractivity contribution in [1.82, 2.24) is 9.97 Å². The van der Waals surface area contributed by atoms with Gasteiger partial charge in [0.25, 0.3) is 0 Å². The molecule has 0 aliphatic rings. The molecule has 0 amide bonds. The third-order valence-corrected chi connectivity index (χ3v) is 9.52. The summed E-state index contributed by atoms with van der Waals surface area (Å²) in [5, 5.41) is 16.7. The SMILES string of the molecule is N#Cc1ccc(-c2ccc(-c3cc(-c4ccc(-c5cccc6c5ccc5cc7ccccc7cc56)cc4)nc(-c4ccccc4)n3)cc2)cc1. The molecule has 0 radical (unpaired) electrons. The molecule has 0 fully saturated rings. The van der Waals surface area contributed by atoms with E-state index in [0.717, 1.165) is 44.8 Å². The molecular formula is C47H29N3. The maximum Gasteiger partial charge on any atom is 0.160 e. The van der Waals surface area contributed by atoms with Crippen molar-refractivity contribution in [3.05, 3.63) is 181 Å². The van der Waals surface area contributed by atoms with Crippen LogP contribution < -0.4 is 0 Å². The van der Waals surface area contributed by atoms with Crippen molar-refractivity contribution in [3.8, 4) is 62.2 Å². The van der Waals surface area contributed by atoms with Crippen LogP contribution in [-0.2, 0) is 0 Å². The summed E-state index contributed by atoms with van der Waals surface area (Å²) in [5.74, 6) is 0.687. The Morgan fingerprint density at radius 3 is 1.60 bits per heavy atom. The van der Waals surface area contributed by atoms with Gasteiger partial charge in [-0.05, 0) is 84.9 Å². The molecule has 8 aromatic carbocycles. The standard InChI is InChI=1S/C47H29N3/c48-30-31-13-15-32(16-14-31)33-17-21-35(22-18-33)45-29-46(50-47(49-45)37-7-2-1-3-8-37)36-23-19-34(20-24-36)41-11-6-12-42-43(41)26-25-40-27-38-9-4-5-10-39(38)28-44(40)42/h1-29H. The number of aromatic nitrogens is 2. The Morgan fingerprint density at radius 1 is 0.360 bits per heavy atom. The lowest BCUT2D eigenvalue weighted by molar-refractivity contribution is 1.18. The first-order chi connectivity index (χ1) is 24.7. The fraction of sp³-hybridized carbons (Fsp3) is 0.